The maximum absolute atomic E-state index is 12.4. The van der Waals surface area contributed by atoms with Gasteiger partial charge in [0.2, 0.25) is 0 Å². The van der Waals surface area contributed by atoms with Gasteiger partial charge >= 0.3 is 12.2 Å². The van der Waals surface area contributed by atoms with Crippen molar-refractivity contribution in [2.24, 2.45) is 5.73 Å². The summed E-state index contributed by atoms with van der Waals surface area (Å²) in [5.41, 5.74) is 4.99. The van der Waals surface area contributed by atoms with Gasteiger partial charge in [-0.15, -0.1) is 0 Å². The molecule has 0 heterocycles. The zero-order valence-corrected chi connectivity index (χ0v) is 11.2. The lowest BCUT2D eigenvalue weighted by molar-refractivity contribution is -0.137. The van der Waals surface area contributed by atoms with Gasteiger partial charge in [-0.2, -0.15) is 13.2 Å². The number of nitrogens with zero attached hydrogens (tertiary/aromatic N) is 1. The second-order valence-electron chi connectivity index (χ2n) is 4.28. The van der Waals surface area contributed by atoms with Crippen molar-refractivity contribution in [3.8, 4) is 0 Å². The molecule has 0 fully saturated rings. The summed E-state index contributed by atoms with van der Waals surface area (Å²) in [5, 5.41) is 2.55. The van der Waals surface area contributed by atoms with E-state index in [1.54, 1.807) is 0 Å². The molecule has 0 aliphatic heterocycles. The normalized spacial score (nSPS) is 11.2. The van der Waals surface area contributed by atoms with E-state index < -0.39 is 11.7 Å². The predicted octanol–water partition coefficient (Wildman–Crippen LogP) is 2.91. The molecule has 20 heavy (non-hydrogen) atoms. The van der Waals surface area contributed by atoms with Gasteiger partial charge in [0.25, 0.3) is 0 Å². The Kier molecular flexibility index (Phi) is 5.82. The highest BCUT2D eigenvalue weighted by Crippen LogP contribution is 2.29. The average Bonchev–Trinajstić information content (AvgIpc) is 2.38. The number of carbonyl (C=O) groups excluding carboxylic acids is 1. The van der Waals surface area contributed by atoms with Gasteiger partial charge in [-0.1, -0.05) is 6.92 Å². The highest BCUT2D eigenvalue weighted by Gasteiger charge is 2.30. The van der Waals surface area contributed by atoms with E-state index in [0.717, 1.165) is 18.6 Å². The van der Waals surface area contributed by atoms with Crippen molar-refractivity contribution in [1.82, 2.24) is 4.90 Å². The van der Waals surface area contributed by atoms with E-state index in [9.17, 15) is 18.0 Å². The molecule has 3 N–H and O–H groups in total. The fourth-order valence-corrected chi connectivity index (χ4v) is 1.69. The number of nitrogens with two attached hydrogens (primary N) is 1. The van der Waals surface area contributed by atoms with E-state index in [-0.39, 0.29) is 6.03 Å². The Morgan fingerprint density at radius 1 is 1.25 bits per heavy atom. The number of halogens is 3. The number of anilines is 1. The maximum atomic E-state index is 12.4. The third-order valence-corrected chi connectivity index (χ3v) is 2.64. The van der Waals surface area contributed by atoms with Crippen LogP contribution in [0.1, 0.15) is 18.9 Å². The van der Waals surface area contributed by atoms with E-state index in [1.807, 2.05) is 6.92 Å². The molecular weight excluding hydrogens is 271 g/mol. The van der Waals surface area contributed by atoms with Crippen molar-refractivity contribution in [3.63, 3.8) is 0 Å². The fourth-order valence-electron chi connectivity index (χ4n) is 1.69. The minimum atomic E-state index is -4.38. The third-order valence-electron chi connectivity index (χ3n) is 2.64. The lowest BCUT2D eigenvalue weighted by atomic mass is 10.2. The van der Waals surface area contributed by atoms with E-state index in [1.165, 1.54) is 17.0 Å². The van der Waals surface area contributed by atoms with Crippen molar-refractivity contribution in [2.45, 2.75) is 19.5 Å². The summed E-state index contributed by atoms with van der Waals surface area (Å²) >= 11 is 0. The van der Waals surface area contributed by atoms with Crippen molar-refractivity contribution >= 4 is 11.7 Å². The standard InChI is InChI=1S/C13H18F3N3O/c1-2-8-19(9-7-17)12(20)18-11-5-3-10(4-6-11)13(14,15)16/h3-6H,2,7-9,17H2,1H3,(H,18,20). The molecule has 0 aromatic heterocycles. The van der Waals surface area contributed by atoms with Gasteiger partial charge in [-0.25, -0.2) is 4.79 Å². The Labute approximate surface area is 115 Å². The number of carbonyl (C=O) groups is 1. The van der Waals surface area contributed by atoms with Gasteiger partial charge in [0.15, 0.2) is 0 Å². The van der Waals surface area contributed by atoms with Crippen LogP contribution in [0.25, 0.3) is 0 Å². The number of amides is 2. The minimum Gasteiger partial charge on any atom is -0.329 e. The van der Waals surface area contributed by atoms with E-state index in [2.05, 4.69) is 5.32 Å². The number of hydrogen-bond donors (Lipinski definition) is 2. The number of urea groups is 1. The van der Waals surface area contributed by atoms with Crippen molar-refractivity contribution in [1.29, 1.82) is 0 Å². The Morgan fingerprint density at radius 3 is 2.30 bits per heavy atom. The first-order valence-electron chi connectivity index (χ1n) is 6.31. The maximum Gasteiger partial charge on any atom is 0.416 e. The molecule has 0 unspecified atom stereocenters. The van der Waals surface area contributed by atoms with E-state index in [4.69, 9.17) is 5.73 Å². The summed E-state index contributed by atoms with van der Waals surface area (Å²) in [6.45, 7) is 3.21. The quantitative estimate of drug-likeness (QED) is 0.875. The SMILES string of the molecule is CCCN(CCN)C(=O)Nc1ccc(C(F)(F)F)cc1. The summed E-state index contributed by atoms with van der Waals surface area (Å²) in [6.07, 6.45) is -3.60. The van der Waals surface area contributed by atoms with Gasteiger partial charge in [0.1, 0.15) is 0 Å². The first kappa shape index (κ1) is 16.3. The molecule has 0 spiro atoms. The Bertz CT molecular complexity index is 425. The molecule has 112 valence electrons. The summed E-state index contributed by atoms with van der Waals surface area (Å²) < 4.78 is 37.2. The molecule has 7 heteroatoms. The largest absolute Gasteiger partial charge is 0.416 e. The Balaban J connectivity index is 2.70. The van der Waals surface area contributed by atoms with Gasteiger partial charge in [-0.3, -0.25) is 0 Å². The van der Waals surface area contributed by atoms with Crippen LogP contribution in [0.15, 0.2) is 24.3 Å². The topological polar surface area (TPSA) is 58.4 Å². The lowest BCUT2D eigenvalue weighted by Gasteiger charge is -2.21. The van der Waals surface area contributed by atoms with Gasteiger partial charge in [-0.05, 0) is 30.7 Å². The molecule has 0 saturated heterocycles. The van der Waals surface area contributed by atoms with E-state index >= 15 is 0 Å². The van der Waals surface area contributed by atoms with E-state index in [0.29, 0.717) is 25.3 Å². The zero-order valence-electron chi connectivity index (χ0n) is 11.2. The predicted molar refractivity (Wildman–Crippen MR) is 71.4 cm³/mol. The molecule has 2 amide bonds. The van der Waals surface area contributed by atoms with Crippen LogP contribution in [-0.2, 0) is 6.18 Å². The molecule has 0 radical (unpaired) electrons. The number of rotatable bonds is 5. The molecule has 1 rings (SSSR count). The zero-order chi connectivity index (χ0) is 15.2. The molecule has 0 aliphatic rings. The first-order valence-corrected chi connectivity index (χ1v) is 6.31. The molecule has 0 atom stereocenters. The number of nitrogens with one attached hydrogen (secondary N) is 1. The van der Waals surface area contributed by atoms with Crippen LogP contribution in [-0.4, -0.2) is 30.6 Å². The van der Waals surface area contributed by atoms with Crippen molar-refractivity contribution in [2.75, 3.05) is 25.0 Å². The molecule has 4 nitrogen and oxygen atoms in total. The van der Waals surface area contributed by atoms with Crippen LogP contribution in [0, 0.1) is 0 Å². The first-order chi connectivity index (χ1) is 9.38. The average molecular weight is 289 g/mol. The van der Waals surface area contributed by atoms with Gasteiger partial charge in [0, 0.05) is 25.3 Å². The van der Waals surface area contributed by atoms with Gasteiger partial charge in [0.05, 0.1) is 5.56 Å². The van der Waals surface area contributed by atoms with Crippen LogP contribution >= 0.6 is 0 Å². The summed E-state index contributed by atoms with van der Waals surface area (Å²) in [4.78, 5) is 13.4. The molecule has 1 aromatic rings. The highest BCUT2D eigenvalue weighted by molar-refractivity contribution is 5.89. The Hall–Kier alpha value is -1.76. The fraction of sp³-hybridized carbons (Fsp3) is 0.462. The summed E-state index contributed by atoms with van der Waals surface area (Å²) in [6, 6.07) is 3.96. The Morgan fingerprint density at radius 2 is 1.85 bits per heavy atom. The molecular formula is C13H18F3N3O. The van der Waals surface area contributed by atoms with Crippen LogP contribution in [0.5, 0.6) is 0 Å². The summed E-state index contributed by atoms with van der Waals surface area (Å²) in [7, 11) is 0. The smallest absolute Gasteiger partial charge is 0.329 e. The number of alkyl halides is 3. The molecule has 0 saturated carbocycles. The van der Waals surface area contributed by atoms with Crippen LogP contribution in [0.4, 0.5) is 23.7 Å². The van der Waals surface area contributed by atoms with Crippen molar-refractivity contribution in [3.05, 3.63) is 29.8 Å². The van der Waals surface area contributed by atoms with Crippen LogP contribution in [0.2, 0.25) is 0 Å². The van der Waals surface area contributed by atoms with Gasteiger partial charge < -0.3 is 16.0 Å². The molecule has 0 bridgehead atoms. The number of benzene rings is 1. The lowest BCUT2D eigenvalue weighted by Crippen LogP contribution is -2.38. The molecule has 1 aromatic carbocycles. The summed E-state index contributed by atoms with van der Waals surface area (Å²) in [5.74, 6) is 0. The van der Waals surface area contributed by atoms with Crippen LogP contribution in [0.3, 0.4) is 0 Å². The second-order valence-corrected chi connectivity index (χ2v) is 4.28. The second kappa shape index (κ2) is 7.14. The monoisotopic (exact) mass is 289 g/mol. The third kappa shape index (κ3) is 4.73. The number of hydrogen-bond acceptors (Lipinski definition) is 2. The van der Waals surface area contributed by atoms with Crippen LogP contribution < -0.4 is 11.1 Å². The van der Waals surface area contributed by atoms with Crippen molar-refractivity contribution < 1.29 is 18.0 Å². The highest BCUT2D eigenvalue weighted by atomic mass is 19.4. The minimum absolute atomic E-state index is 0.320. The molecule has 0 aliphatic carbocycles.